The van der Waals surface area contributed by atoms with Crippen LogP contribution in [0.15, 0.2) is 6.20 Å². The minimum absolute atomic E-state index is 0.190. The van der Waals surface area contributed by atoms with E-state index in [2.05, 4.69) is 10.3 Å². The summed E-state index contributed by atoms with van der Waals surface area (Å²) in [6.07, 6.45) is 10.9. The third kappa shape index (κ3) is 2.29. The van der Waals surface area contributed by atoms with E-state index in [4.69, 9.17) is 10.5 Å². The van der Waals surface area contributed by atoms with Crippen LogP contribution in [-0.4, -0.2) is 26.7 Å². The molecule has 2 fully saturated rings. The maximum Gasteiger partial charge on any atom is 0.165 e. The van der Waals surface area contributed by atoms with E-state index in [9.17, 15) is 0 Å². The van der Waals surface area contributed by atoms with Crippen LogP contribution in [0.2, 0.25) is 0 Å². The summed E-state index contributed by atoms with van der Waals surface area (Å²) in [5.74, 6) is 0.482. The van der Waals surface area contributed by atoms with Gasteiger partial charge in [-0.25, -0.2) is 4.68 Å². The topological polar surface area (TPSA) is 66.0 Å². The van der Waals surface area contributed by atoms with Crippen LogP contribution in [0.1, 0.15) is 44.9 Å². The van der Waals surface area contributed by atoms with E-state index in [1.54, 1.807) is 10.9 Å². The molecule has 0 radical (unpaired) electrons. The lowest BCUT2D eigenvalue weighted by atomic mass is 9.83. The highest BCUT2D eigenvalue weighted by Gasteiger charge is 2.40. The molecule has 1 saturated heterocycles. The summed E-state index contributed by atoms with van der Waals surface area (Å²) < 4.78 is 8.07. The molecule has 2 heterocycles. The molecular formula is C12H20N4O. The summed E-state index contributed by atoms with van der Waals surface area (Å²) in [6, 6.07) is 0. The molecule has 1 spiro atoms. The number of nitrogens with two attached hydrogens (primary N) is 1. The zero-order valence-electron chi connectivity index (χ0n) is 10.1. The molecule has 17 heavy (non-hydrogen) atoms. The first-order valence-corrected chi connectivity index (χ1v) is 6.59. The van der Waals surface area contributed by atoms with Gasteiger partial charge in [-0.1, -0.05) is 24.5 Å². The maximum absolute atomic E-state index is 6.27. The molecule has 0 amide bonds. The Morgan fingerprint density at radius 1 is 1.35 bits per heavy atom. The van der Waals surface area contributed by atoms with Crippen LogP contribution in [0, 0.1) is 0 Å². The van der Waals surface area contributed by atoms with Crippen LogP contribution in [0.3, 0.4) is 0 Å². The minimum Gasteiger partial charge on any atom is -0.381 e. The number of nitrogen functional groups attached to an aromatic ring is 1. The van der Waals surface area contributed by atoms with Gasteiger partial charge >= 0.3 is 0 Å². The Kier molecular flexibility index (Phi) is 2.78. The monoisotopic (exact) mass is 236 g/mol. The fraction of sp³-hybridized carbons (Fsp3) is 0.833. The number of aromatic nitrogens is 3. The number of anilines is 1. The van der Waals surface area contributed by atoms with Crippen molar-refractivity contribution >= 4 is 5.82 Å². The van der Waals surface area contributed by atoms with Crippen molar-refractivity contribution in [3.8, 4) is 0 Å². The second-order valence-corrected chi connectivity index (χ2v) is 5.39. The first-order chi connectivity index (χ1) is 8.26. The molecular weight excluding hydrogens is 216 g/mol. The van der Waals surface area contributed by atoms with Gasteiger partial charge in [0, 0.05) is 0 Å². The number of ether oxygens (including phenoxy) is 1. The molecule has 1 unspecified atom stereocenters. The summed E-state index contributed by atoms with van der Waals surface area (Å²) in [6.45, 7) is 0.784. The van der Waals surface area contributed by atoms with Crippen LogP contribution in [0.25, 0.3) is 0 Å². The highest BCUT2D eigenvalue weighted by Crippen LogP contribution is 2.42. The molecule has 1 aliphatic heterocycles. The van der Waals surface area contributed by atoms with E-state index in [1.165, 1.54) is 38.5 Å². The fourth-order valence-electron chi connectivity index (χ4n) is 3.20. The third-order valence-corrected chi connectivity index (χ3v) is 4.05. The van der Waals surface area contributed by atoms with Gasteiger partial charge in [-0.05, 0) is 25.7 Å². The number of hydrogen-bond acceptors (Lipinski definition) is 4. The summed E-state index contributed by atoms with van der Waals surface area (Å²) in [7, 11) is 0. The maximum atomic E-state index is 6.27. The second-order valence-electron chi connectivity index (χ2n) is 5.39. The van der Waals surface area contributed by atoms with Crippen LogP contribution in [-0.2, 0) is 11.3 Å². The summed E-state index contributed by atoms with van der Waals surface area (Å²) in [5, 5.41) is 7.77. The Labute approximate surface area is 101 Å². The molecule has 1 saturated carbocycles. The van der Waals surface area contributed by atoms with Crippen molar-refractivity contribution in [2.75, 3.05) is 5.73 Å². The molecule has 1 aliphatic carbocycles. The Morgan fingerprint density at radius 3 is 2.88 bits per heavy atom. The largest absolute Gasteiger partial charge is 0.381 e. The molecule has 2 N–H and O–H groups in total. The van der Waals surface area contributed by atoms with E-state index in [0.717, 1.165) is 13.0 Å². The second kappa shape index (κ2) is 4.29. The molecule has 94 valence electrons. The van der Waals surface area contributed by atoms with Gasteiger partial charge in [0.15, 0.2) is 5.82 Å². The summed E-state index contributed by atoms with van der Waals surface area (Å²) in [4.78, 5) is 0. The smallest absolute Gasteiger partial charge is 0.165 e. The summed E-state index contributed by atoms with van der Waals surface area (Å²) >= 11 is 0. The molecule has 5 nitrogen and oxygen atoms in total. The van der Waals surface area contributed by atoms with Gasteiger partial charge in [0.05, 0.1) is 24.4 Å². The third-order valence-electron chi connectivity index (χ3n) is 4.05. The van der Waals surface area contributed by atoms with Gasteiger partial charge < -0.3 is 10.5 Å². The first kappa shape index (κ1) is 11.0. The lowest BCUT2D eigenvalue weighted by Gasteiger charge is -2.33. The normalized spacial score (nSPS) is 27.6. The van der Waals surface area contributed by atoms with Crippen molar-refractivity contribution in [2.45, 2.75) is 63.2 Å². The van der Waals surface area contributed by atoms with Crippen molar-refractivity contribution in [1.82, 2.24) is 15.0 Å². The summed E-state index contributed by atoms with van der Waals surface area (Å²) in [5.41, 5.74) is 5.74. The Hall–Kier alpha value is -1.10. The highest BCUT2D eigenvalue weighted by molar-refractivity contribution is 5.19. The van der Waals surface area contributed by atoms with Crippen LogP contribution in [0.5, 0.6) is 0 Å². The molecule has 1 aromatic heterocycles. The molecule has 3 rings (SSSR count). The van der Waals surface area contributed by atoms with E-state index in [-0.39, 0.29) is 11.7 Å². The average molecular weight is 236 g/mol. The molecule has 5 heteroatoms. The van der Waals surface area contributed by atoms with Crippen molar-refractivity contribution in [2.24, 2.45) is 0 Å². The Morgan fingerprint density at radius 2 is 2.18 bits per heavy atom. The highest BCUT2D eigenvalue weighted by atomic mass is 16.5. The predicted octanol–water partition coefficient (Wildman–Crippen LogP) is 1.74. The van der Waals surface area contributed by atoms with Crippen LogP contribution in [0.4, 0.5) is 5.82 Å². The average Bonchev–Trinajstić information content (AvgIpc) is 2.89. The molecule has 1 atom stereocenters. The van der Waals surface area contributed by atoms with Crippen molar-refractivity contribution in [3.05, 3.63) is 6.20 Å². The molecule has 0 bridgehead atoms. The van der Waals surface area contributed by atoms with E-state index < -0.39 is 0 Å². The predicted molar refractivity (Wildman–Crippen MR) is 64.4 cm³/mol. The van der Waals surface area contributed by atoms with Gasteiger partial charge in [0.2, 0.25) is 0 Å². The van der Waals surface area contributed by atoms with Gasteiger partial charge in [-0.2, -0.15) is 0 Å². The van der Waals surface area contributed by atoms with Crippen molar-refractivity contribution < 1.29 is 4.74 Å². The quantitative estimate of drug-likeness (QED) is 0.849. The SMILES string of the molecule is Nc1cn(CC2CCC3(CCCCC3)O2)nn1. The van der Waals surface area contributed by atoms with Crippen molar-refractivity contribution in [1.29, 1.82) is 0 Å². The zero-order chi connectivity index (χ0) is 11.7. The van der Waals surface area contributed by atoms with Gasteiger partial charge in [0.1, 0.15) is 0 Å². The Balaban J connectivity index is 1.60. The zero-order valence-corrected chi connectivity index (χ0v) is 10.1. The molecule has 0 aromatic carbocycles. The van der Waals surface area contributed by atoms with Gasteiger partial charge in [0.25, 0.3) is 0 Å². The van der Waals surface area contributed by atoms with Crippen LogP contribution >= 0.6 is 0 Å². The number of nitrogens with zero attached hydrogens (tertiary/aromatic N) is 3. The van der Waals surface area contributed by atoms with Gasteiger partial charge in [-0.15, -0.1) is 5.10 Å². The lowest BCUT2D eigenvalue weighted by molar-refractivity contribution is -0.0689. The van der Waals surface area contributed by atoms with E-state index >= 15 is 0 Å². The minimum atomic E-state index is 0.190. The molecule has 2 aliphatic rings. The lowest BCUT2D eigenvalue weighted by Crippen LogP contribution is -2.32. The molecule has 1 aromatic rings. The van der Waals surface area contributed by atoms with Gasteiger partial charge in [-0.3, -0.25) is 0 Å². The fourth-order valence-corrected chi connectivity index (χ4v) is 3.20. The number of hydrogen-bond donors (Lipinski definition) is 1. The number of rotatable bonds is 2. The first-order valence-electron chi connectivity index (χ1n) is 6.59. The van der Waals surface area contributed by atoms with Crippen LogP contribution < -0.4 is 5.73 Å². The standard InChI is InChI=1S/C12H20N4O/c13-11-9-16(15-14-11)8-10-4-7-12(17-10)5-2-1-3-6-12/h9-10H,1-8,13H2. The van der Waals surface area contributed by atoms with Crippen molar-refractivity contribution in [3.63, 3.8) is 0 Å². The van der Waals surface area contributed by atoms with E-state index in [1.807, 2.05) is 0 Å². The Bertz CT molecular complexity index is 384. The van der Waals surface area contributed by atoms with E-state index in [0.29, 0.717) is 5.82 Å².